The van der Waals surface area contributed by atoms with Crippen molar-refractivity contribution in [3.63, 3.8) is 0 Å². The summed E-state index contributed by atoms with van der Waals surface area (Å²) in [4.78, 5) is 23.1. The van der Waals surface area contributed by atoms with E-state index in [2.05, 4.69) is 38.4 Å². The van der Waals surface area contributed by atoms with Crippen LogP contribution in [0.3, 0.4) is 0 Å². The lowest BCUT2D eigenvalue weighted by molar-refractivity contribution is 0.132. The number of nitrogens with zero attached hydrogens (tertiary/aromatic N) is 4. The first-order chi connectivity index (χ1) is 25.3. The zero-order chi connectivity index (χ0) is 37.5. The van der Waals surface area contributed by atoms with Crippen molar-refractivity contribution in [2.45, 2.75) is 66.2 Å². The van der Waals surface area contributed by atoms with Crippen LogP contribution in [-0.2, 0) is 15.9 Å². The minimum absolute atomic E-state index is 0.0951. The first-order valence-corrected chi connectivity index (χ1v) is 18.2. The third-order valence-electron chi connectivity index (χ3n) is 9.22. The second-order valence-corrected chi connectivity index (χ2v) is 12.5. The molecule has 0 saturated heterocycles. The summed E-state index contributed by atoms with van der Waals surface area (Å²) in [7, 11) is 3.25. The molecule has 0 spiro atoms. The van der Waals surface area contributed by atoms with E-state index in [1.807, 2.05) is 31.3 Å². The topological polar surface area (TPSA) is 143 Å². The third kappa shape index (κ3) is 10.1. The Balaban J connectivity index is 1.80. The fraction of sp³-hybridized carbons (Fsp3) is 0.463. The Kier molecular flexibility index (Phi) is 16.0. The number of aliphatic imine (C=N–C) groups is 4. The molecule has 0 fully saturated rings. The minimum atomic E-state index is 0.0951. The van der Waals surface area contributed by atoms with E-state index in [9.17, 15) is 10.2 Å². The molecule has 0 radical (unpaired) electrons. The maximum Gasteiger partial charge on any atom is 0.163 e. The van der Waals surface area contributed by atoms with Crippen LogP contribution in [0.1, 0.15) is 75.4 Å². The van der Waals surface area contributed by atoms with E-state index in [0.29, 0.717) is 75.1 Å². The average molecular weight is 714 g/mol. The summed E-state index contributed by atoms with van der Waals surface area (Å²) in [6.07, 6.45) is 12.1. The molecule has 52 heavy (non-hydrogen) atoms. The molecule has 0 saturated carbocycles. The van der Waals surface area contributed by atoms with Gasteiger partial charge in [-0.25, -0.2) is 4.99 Å². The molecule has 0 atom stereocenters. The number of nitrogens with one attached hydrogen (secondary N) is 1. The van der Waals surface area contributed by atoms with Crippen LogP contribution in [0.2, 0.25) is 0 Å². The monoisotopic (exact) mass is 713 g/mol. The summed E-state index contributed by atoms with van der Waals surface area (Å²) in [5.74, 6) is 1.03. The van der Waals surface area contributed by atoms with Gasteiger partial charge in [0.25, 0.3) is 0 Å². The fourth-order valence-electron chi connectivity index (χ4n) is 6.30. The van der Waals surface area contributed by atoms with Gasteiger partial charge in [0, 0.05) is 45.3 Å². The van der Waals surface area contributed by atoms with Gasteiger partial charge >= 0.3 is 0 Å². The highest BCUT2D eigenvalue weighted by molar-refractivity contribution is 6.39. The molecule has 280 valence electrons. The number of benzene rings is 1. The van der Waals surface area contributed by atoms with Crippen LogP contribution in [0.4, 0.5) is 11.4 Å². The number of aliphatic hydroxyl groups is 2. The lowest BCUT2D eigenvalue weighted by atomic mass is 9.98. The Labute approximate surface area is 308 Å². The highest BCUT2D eigenvalue weighted by Gasteiger charge is 2.21. The number of methoxy groups -OCH3 is 2. The van der Waals surface area contributed by atoms with Crippen LogP contribution in [0.25, 0.3) is 6.08 Å². The van der Waals surface area contributed by atoms with Crippen LogP contribution >= 0.6 is 0 Å². The number of hydrogen-bond acceptors (Lipinski definition) is 10. The van der Waals surface area contributed by atoms with Crippen molar-refractivity contribution in [2.75, 3.05) is 60.4 Å². The first kappa shape index (κ1) is 40.4. The van der Waals surface area contributed by atoms with Crippen molar-refractivity contribution < 1.29 is 29.2 Å². The Hall–Kier alpha value is -4.42. The molecule has 0 unspecified atom stereocenters. The van der Waals surface area contributed by atoms with Crippen molar-refractivity contribution in [1.29, 1.82) is 0 Å². The van der Waals surface area contributed by atoms with Crippen molar-refractivity contribution in [3.8, 4) is 11.5 Å². The maximum absolute atomic E-state index is 9.72. The van der Waals surface area contributed by atoms with E-state index >= 15 is 0 Å². The molecule has 11 heteroatoms. The second kappa shape index (κ2) is 20.6. The largest absolute Gasteiger partial charge is 0.487 e. The van der Waals surface area contributed by atoms with Gasteiger partial charge in [-0.3, -0.25) is 15.0 Å². The summed E-state index contributed by atoms with van der Waals surface area (Å²) in [5, 5.41) is 19.0. The van der Waals surface area contributed by atoms with E-state index in [1.54, 1.807) is 20.4 Å². The molecule has 2 aliphatic rings. The molecular formula is C41H55N5O6. The summed E-state index contributed by atoms with van der Waals surface area (Å²) in [5.41, 5.74) is 12.5. The lowest BCUT2D eigenvalue weighted by Gasteiger charge is -2.15. The summed E-state index contributed by atoms with van der Waals surface area (Å²) in [6, 6.07) is 3.65. The summed E-state index contributed by atoms with van der Waals surface area (Å²) in [6.45, 7) is 14.7. The van der Waals surface area contributed by atoms with Gasteiger partial charge in [0.05, 0.1) is 66.4 Å². The third-order valence-corrected chi connectivity index (χ3v) is 9.22. The van der Waals surface area contributed by atoms with Gasteiger partial charge in [-0.15, -0.1) is 0 Å². The van der Waals surface area contributed by atoms with Crippen molar-refractivity contribution >= 4 is 41.3 Å². The molecule has 2 aromatic rings. The van der Waals surface area contributed by atoms with E-state index in [-0.39, 0.29) is 13.2 Å². The van der Waals surface area contributed by atoms with Gasteiger partial charge in [0.1, 0.15) is 13.2 Å². The fourth-order valence-corrected chi connectivity index (χ4v) is 6.30. The number of rotatable bonds is 22. The standard InChI is InChI=1S/C41H55N5O6/c1-8-30-31(9-2)34(45-33(30)10-3)21-35-32(14-12-16-48)28(5)39(46-35)26-44-37-23-41(52-20-18-50-7)40(51-19-17-49-6)22-36(37)43-25-38-27(4)29(24-42-38)13-11-15-47/h10,21-23,25-26,46-48H,3,8-9,11-20,24H2,1-2,4-7H3/b34-21-,43-25?,44-26?. The Morgan fingerprint density at radius 2 is 1.44 bits per heavy atom. The molecule has 1 aromatic carbocycles. The second-order valence-electron chi connectivity index (χ2n) is 12.5. The number of allylic oxidation sites excluding steroid dienone is 4. The molecule has 11 nitrogen and oxygen atoms in total. The SMILES string of the molecule is C=CC1=N/C(=C\c2[nH]c(C=Nc3cc(OCCOC)c(OCCOC)cc3N=CC3=NCC(CCCO)=C3C)c(C)c2CCCO)C(CC)=C1CC. The van der Waals surface area contributed by atoms with Crippen molar-refractivity contribution in [1.82, 2.24) is 4.98 Å². The van der Waals surface area contributed by atoms with E-state index < -0.39 is 0 Å². The minimum Gasteiger partial charge on any atom is -0.487 e. The molecular weight excluding hydrogens is 658 g/mol. The highest BCUT2D eigenvalue weighted by atomic mass is 16.5. The molecule has 1 aromatic heterocycles. The molecule has 0 amide bonds. The quantitative estimate of drug-likeness (QED) is 0.0858. The highest BCUT2D eigenvalue weighted by Crippen LogP contribution is 2.40. The summed E-state index contributed by atoms with van der Waals surface area (Å²) >= 11 is 0. The number of ether oxygens (including phenoxy) is 4. The van der Waals surface area contributed by atoms with E-state index in [1.165, 1.54) is 16.7 Å². The summed E-state index contributed by atoms with van der Waals surface area (Å²) < 4.78 is 22.6. The molecule has 0 bridgehead atoms. The number of H-pyrrole nitrogens is 1. The van der Waals surface area contributed by atoms with Gasteiger partial charge < -0.3 is 34.1 Å². The Morgan fingerprint density at radius 3 is 2.02 bits per heavy atom. The van der Waals surface area contributed by atoms with Crippen LogP contribution in [0.15, 0.2) is 72.7 Å². The van der Waals surface area contributed by atoms with Crippen LogP contribution in [0.5, 0.6) is 11.5 Å². The van der Waals surface area contributed by atoms with Crippen LogP contribution in [-0.4, -0.2) is 99.5 Å². The maximum atomic E-state index is 9.72. The van der Waals surface area contributed by atoms with Crippen LogP contribution < -0.4 is 9.47 Å². The van der Waals surface area contributed by atoms with Gasteiger partial charge in [-0.2, -0.15) is 0 Å². The molecule has 4 rings (SSSR count). The van der Waals surface area contributed by atoms with Crippen molar-refractivity contribution in [3.05, 3.63) is 75.3 Å². The van der Waals surface area contributed by atoms with Gasteiger partial charge in [0.2, 0.25) is 0 Å². The van der Waals surface area contributed by atoms with Gasteiger partial charge in [-0.05, 0) is 97.9 Å². The first-order valence-electron chi connectivity index (χ1n) is 18.2. The molecule has 3 heterocycles. The lowest BCUT2D eigenvalue weighted by Crippen LogP contribution is -2.08. The number of hydrogen-bond donors (Lipinski definition) is 3. The smallest absolute Gasteiger partial charge is 0.163 e. The number of aromatic amines is 1. The molecule has 3 N–H and O–H groups in total. The van der Waals surface area contributed by atoms with E-state index in [0.717, 1.165) is 64.5 Å². The molecule has 0 aliphatic carbocycles. The number of aromatic nitrogens is 1. The zero-order valence-corrected chi connectivity index (χ0v) is 31.7. The zero-order valence-electron chi connectivity index (χ0n) is 31.7. The molecule has 2 aliphatic heterocycles. The Morgan fingerprint density at radius 1 is 0.827 bits per heavy atom. The predicted octanol–water partition coefficient (Wildman–Crippen LogP) is 7.39. The number of aliphatic hydroxyl groups excluding tert-OH is 2. The van der Waals surface area contributed by atoms with Crippen molar-refractivity contribution in [2.24, 2.45) is 20.0 Å². The Bertz CT molecular complexity index is 1780. The average Bonchev–Trinajstić information content (AvgIpc) is 3.79. The van der Waals surface area contributed by atoms with E-state index in [4.69, 9.17) is 38.9 Å². The predicted molar refractivity (Wildman–Crippen MR) is 212 cm³/mol. The van der Waals surface area contributed by atoms with Gasteiger partial charge in [0.15, 0.2) is 11.5 Å². The van der Waals surface area contributed by atoms with Gasteiger partial charge in [-0.1, -0.05) is 20.4 Å². The van der Waals surface area contributed by atoms with Crippen LogP contribution in [0, 0.1) is 6.92 Å². The normalized spacial score (nSPS) is 15.6.